The normalized spacial score (nSPS) is 15.7. The Morgan fingerprint density at radius 3 is 2.62 bits per heavy atom. The minimum Gasteiger partial charge on any atom is -0.479 e. The van der Waals surface area contributed by atoms with Gasteiger partial charge in [0.2, 0.25) is 0 Å². The van der Waals surface area contributed by atoms with Gasteiger partial charge in [0.15, 0.2) is 10.9 Å². The second-order valence-electron chi connectivity index (χ2n) is 7.07. The van der Waals surface area contributed by atoms with Crippen LogP contribution in [-0.2, 0) is 11.4 Å². The standard InChI is InChI=1S/C23H19N3O5S/c1-15(16-7-3-2-4-8-16)25-22(27)19(24-23(25)32)13-17-11-12-18(31-17)14-30-21-10-6-5-9-20(21)26(28)29/h2-13,15H,14H2,1H3,(H,24,32)/b19-13-. The smallest absolute Gasteiger partial charge is 0.310 e. The predicted octanol–water partition coefficient (Wildman–Crippen LogP) is 4.59. The number of nitrogens with zero attached hydrogens (tertiary/aromatic N) is 2. The van der Waals surface area contributed by atoms with Gasteiger partial charge in [-0.05, 0) is 42.9 Å². The molecule has 162 valence electrons. The topological polar surface area (TPSA) is 97.9 Å². The first-order chi connectivity index (χ1) is 15.4. The summed E-state index contributed by atoms with van der Waals surface area (Å²) < 4.78 is 11.2. The summed E-state index contributed by atoms with van der Waals surface area (Å²) in [6.07, 6.45) is 1.57. The molecule has 32 heavy (non-hydrogen) atoms. The fourth-order valence-corrected chi connectivity index (χ4v) is 3.70. The van der Waals surface area contributed by atoms with E-state index < -0.39 is 4.92 Å². The number of amides is 1. The molecule has 0 bridgehead atoms. The number of hydrogen-bond acceptors (Lipinski definition) is 6. The van der Waals surface area contributed by atoms with Gasteiger partial charge in [0, 0.05) is 12.1 Å². The summed E-state index contributed by atoms with van der Waals surface area (Å²) in [6, 6.07) is 18.9. The van der Waals surface area contributed by atoms with Crippen molar-refractivity contribution < 1.29 is 18.9 Å². The van der Waals surface area contributed by atoms with Crippen molar-refractivity contribution in [2.75, 3.05) is 0 Å². The second kappa shape index (κ2) is 9.03. The number of nitro groups is 1. The number of furan rings is 1. The van der Waals surface area contributed by atoms with Crippen LogP contribution >= 0.6 is 12.2 Å². The average Bonchev–Trinajstić information content (AvgIpc) is 3.36. The average molecular weight is 449 g/mol. The Labute approximate surface area is 189 Å². The summed E-state index contributed by atoms with van der Waals surface area (Å²) in [5.74, 6) is 0.786. The van der Waals surface area contributed by atoms with Crippen LogP contribution in [0.3, 0.4) is 0 Å². The summed E-state index contributed by atoms with van der Waals surface area (Å²) in [7, 11) is 0. The third-order valence-electron chi connectivity index (χ3n) is 4.98. The van der Waals surface area contributed by atoms with Crippen molar-refractivity contribution in [3.05, 3.63) is 99.6 Å². The predicted molar refractivity (Wildman–Crippen MR) is 122 cm³/mol. The summed E-state index contributed by atoms with van der Waals surface area (Å²) >= 11 is 5.37. The van der Waals surface area contributed by atoms with Crippen molar-refractivity contribution >= 4 is 35.0 Å². The van der Waals surface area contributed by atoms with E-state index >= 15 is 0 Å². The molecule has 2 aromatic carbocycles. The number of thiocarbonyl (C=S) groups is 1. The van der Waals surface area contributed by atoms with Crippen LogP contribution in [0.1, 0.15) is 30.0 Å². The molecular weight excluding hydrogens is 430 g/mol. The first-order valence-electron chi connectivity index (χ1n) is 9.80. The van der Waals surface area contributed by atoms with E-state index in [0.717, 1.165) is 5.56 Å². The largest absolute Gasteiger partial charge is 0.479 e. The van der Waals surface area contributed by atoms with Crippen LogP contribution in [0.15, 0.2) is 76.8 Å². The van der Waals surface area contributed by atoms with E-state index in [-0.39, 0.29) is 30.0 Å². The van der Waals surface area contributed by atoms with E-state index in [1.807, 2.05) is 37.3 Å². The molecule has 8 nitrogen and oxygen atoms in total. The molecule has 0 aliphatic carbocycles. The molecule has 1 aromatic heterocycles. The van der Waals surface area contributed by atoms with Gasteiger partial charge in [-0.25, -0.2) is 0 Å². The lowest BCUT2D eigenvalue weighted by molar-refractivity contribution is -0.386. The molecule has 1 N–H and O–H groups in total. The lowest BCUT2D eigenvalue weighted by atomic mass is 10.1. The van der Waals surface area contributed by atoms with Gasteiger partial charge in [-0.3, -0.25) is 19.8 Å². The van der Waals surface area contributed by atoms with Crippen LogP contribution < -0.4 is 10.1 Å². The number of nitrogens with one attached hydrogen (secondary N) is 1. The van der Waals surface area contributed by atoms with Crippen molar-refractivity contribution in [1.29, 1.82) is 0 Å². The van der Waals surface area contributed by atoms with Gasteiger partial charge in [0.25, 0.3) is 5.91 Å². The van der Waals surface area contributed by atoms with Crippen LogP contribution in [0, 0.1) is 10.1 Å². The number of para-hydroxylation sites is 2. The maximum absolute atomic E-state index is 12.9. The van der Waals surface area contributed by atoms with E-state index in [9.17, 15) is 14.9 Å². The van der Waals surface area contributed by atoms with E-state index in [1.54, 1.807) is 30.3 Å². The maximum atomic E-state index is 12.9. The molecule has 1 fully saturated rings. The van der Waals surface area contributed by atoms with Crippen molar-refractivity contribution in [2.45, 2.75) is 19.6 Å². The fourth-order valence-electron chi connectivity index (χ4n) is 3.35. The fraction of sp³-hybridized carbons (Fsp3) is 0.130. The lowest BCUT2D eigenvalue weighted by Gasteiger charge is -2.23. The van der Waals surface area contributed by atoms with E-state index in [2.05, 4.69) is 5.32 Å². The zero-order chi connectivity index (χ0) is 22.7. The highest BCUT2D eigenvalue weighted by atomic mass is 32.1. The second-order valence-corrected chi connectivity index (χ2v) is 7.45. The molecule has 2 heterocycles. The van der Waals surface area contributed by atoms with Crippen molar-refractivity contribution in [1.82, 2.24) is 10.2 Å². The number of nitro benzene ring substituents is 1. The van der Waals surface area contributed by atoms with Crippen LogP contribution in [0.2, 0.25) is 0 Å². The Balaban J connectivity index is 1.46. The first-order valence-corrected chi connectivity index (χ1v) is 10.2. The summed E-state index contributed by atoms with van der Waals surface area (Å²) in [5.41, 5.74) is 1.15. The molecule has 4 rings (SSSR count). The van der Waals surface area contributed by atoms with Crippen molar-refractivity contribution in [3.8, 4) is 5.75 Å². The number of rotatable bonds is 7. The van der Waals surface area contributed by atoms with Gasteiger partial charge in [0.05, 0.1) is 11.0 Å². The van der Waals surface area contributed by atoms with Crippen LogP contribution in [-0.4, -0.2) is 20.8 Å². The third kappa shape index (κ3) is 4.37. The molecule has 1 atom stereocenters. The number of hydrogen-bond donors (Lipinski definition) is 1. The molecule has 1 amide bonds. The lowest BCUT2D eigenvalue weighted by Crippen LogP contribution is -2.33. The highest BCUT2D eigenvalue weighted by Crippen LogP contribution is 2.28. The minimum absolute atomic E-state index is 0.00494. The number of benzene rings is 2. The van der Waals surface area contributed by atoms with Crippen molar-refractivity contribution in [2.24, 2.45) is 0 Å². The number of carbonyl (C=O) groups excluding carboxylic acids is 1. The highest BCUT2D eigenvalue weighted by Gasteiger charge is 2.35. The van der Waals surface area contributed by atoms with E-state index in [4.69, 9.17) is 21.4 Å². The third-order valence-corrected chi connectivity index (χ3v) is 5.28. The summed E-state index contributed by atoms with van der Waals surface area (Å²) in [4.78, 5) is 25.0. The SMILES string of the molecule is CC(c1ccccc1)N1C(=O)/C(=C/c2ccc(COc3ccccc3[N+](=O)[O-])o2)NC1=S. The molecule has 1 unspecified atom stereocenters. The van der Waals surface area contributed by atoms with Gasteiger partial charge in [-0.1, -0.05) is 42.5 Å². The first kappa shape index (κ1) is 21.3. The Bertz CT molecular complexity index is 1210. The van der Waals surface area contributed by atoms with Gasteiger partial charge in [-0.2, -0.15) is 0 Å². The molecular formula is C23H19N3O5S. The molecule has 1 aliphatic rings. The number of carbonyl (C=O) groups is 1. The van der Waals surface area contributed by atoms with E-state index in [0.29, 0.717) is 22.3 Å². The molecule has 1 saturated heterocycles. The molecule has 0 spiro atoms. The van der Waals surface area contributed by atoms with Gasteiger partial charge in [-0.15, -0.1) is 0 Å². The molecule has 3 aromatic rings. The number of ether oxygens (including phenoxy) is 1. The van der Waals surface area contributed by atoms with Crippen LogP contribution in [0.4, 0.5) is 5.69 Å². The summed E-state index contributed by atoms with van der Waals surface area (Å²) in [6.45, 7) is 1.92. The molecule has 0 radical (unpaired) electrons. The van der Waals surface area contributed by atoms with Gasteiger partial charge < -0.3 is 14.5 Å². The van der Waals surface area contributed by atoms with Gasteiger partial charge >= 0.3 is 5.69 Å². The molecule has 0 saturated carbocycles. The Kier molecular flexibility index (Phi) is 6.00. The monoisotopic (exact) mass is 449 g/mol. The summed E-state index contributed by atoms with van der Waals surface area (Å²) in [5, 5.41) is 14.4. The van der Waals surface area contributed by atoms with E-state index in [1.165, 1.54) is 17.0 Å². The van der Waals surface area contributed by atoms with Crippen LogP contribution in [0.5, 0.6) is 5.75 Å². The Morgan fingerprint density at radius 2 is 1.88 bits per heavy atom. The Hall–Kier alpha value is -3.98. The molecule has 9 heteroatoms. The Morgan fingerprint density at radius 1 is 1.16 bits per heavy atom. The minimum atomic E-state index is -0.504. The van der Waals surface area contributed by atoms with Crippen molar-refractivity contribution in [3.63, 3.8) is 0 Å². The molecule has 1 aliphatic heterocycles. The highest BCUT2D eigenvalue weighted by molar-refractivity contribution is 7.80. The quantitative estimate of drug-likeness (QED) is 0.244. The maximum Gasteiger partial charge on any atom is 0.310 e. The van der Waals surface area contributed by atoms with Crippen LogP contribution in [0.25, 0.3) is 6.08 Å². The zero-order valence-electron chi connectivity index (χ0n) is 17.1. The van der Waals surface area contributed by atoms with Gasteiger partial charge in [0.1, 0.15) is 23.8 Å². The zero-order valence-corrected chi connectivity index (χ0v) is 17.9.